The molecule has 2 aromatic rings. The van der Waals surface area contributed by atoms with Crippen LogP contribution in [0.25, 0.3) is 0 Å². The molecular weight excluding hydrogens is 320 g/mol. The van der Waals surface area contributed by atoms with Crippen molar-refractivity contribution in [1.82, 2.24) is 4.98 Å². The Hall–Kier alpha value is -2.42. The van der Waals surface area contributed by atoms with Gasteiger partial charge >= 0.3 is 0 Å². The van der Waals surface area contributed by atoms with E-state index in [4.69, 9.17) is 0 Å². The van der Waals surface area contributed by atoms with Crippen LogP contribution in [-0.4, -0.2) is 10.8 Å². The molecule has 0 bridgehead atoms. The van der Waals surface area contributed by atoms with Crippen molar-refractivity contribution in [2.24, 2.45) is 0 Å². The van der Waals surface area contributed by atoms with Crippen LogP contribution in [0, 0.1) is 13.8 Å². The SMILES string of the molecule is CCCc1ccccc1C1C(C(=O)CC)=C(C)Nc2c(C)cnc(C)c21. The van der Waals surface area contributed by atoms with E-state index in [9.17, 15) is 4.79 Å². The van der Waals surface area contributed by atoms with E-state index in [0.29, 0.717) is 6.42 Å². The van der Waals surface area contributed by atoms with Gasteiger partial charge in [-0.15, -0.1) is 0 Å². The molecule has 1 aromatic carbocycles. The van der Waals surface area contributed by atoms with E-state index < -0.39 is 0 Å². The van der Waals surface area contributed by atoms with Gasteiger partial charge in [-0.2, -0.15) is 0 Å². The summed E-state index contributed by atoms with van der Waals surface area (Å²) in [6.45, 7) is 10.3. The average molecular weight is 348 g/mol. The van der Waals surface area contributed by atoms with Gasteiger partial charge in [-0.1, -0.05) is 44.5 Å². The number of ketones is 1. The second kappa shape index (κ2) is 7.45. The maximum Gasteiger partial charge on any atom is 0.161 e. The van der Waals surface area contributed by atoms with Crippen molar-refractivity contribution in [2.45, 2.75) is 59.8 Å². The number of benzene rings is 1. The molecule has 1 N–H and O–H groups in total. The molecule has 1 aliphatic heterocycles. The number of pyridine rings is 1. The fraction of sp³-hybridized carbons (Fsp3) is 0.391. The lowest BCUT2D eigenvalue weighted by Crippen LogP contribution is -2.25. The van der Waals surface area contributed by atoms with Crippen molar-refractivity contribution in [1.29, 1.82) is 0 Å². The number of nitrogens with one attached hydrogen (secondary N) is 1. The number of hydrogen-bond donors (Lipinski definition) is 1. The van der Waals surface area contributed by atoms with Crippen LogP contribution >= 0.6 is 0 Å². The largest absolute Gasteiger partial charge is 0.358 e. The van der Waals surface area contributed by atoms with Crippen molar-refractivity contribution < 1.29 is 4.79 Å². The zero-order chi connectivity index (χ0) is 18.8. The van der Waals surface area contributed by atoms with E-state index in [0.717, 1.165) is 46.6 Å². The first-order valence-corrected chi connectivity index (χ1v) is 9.54. The molecule has 0 aliphatic carbocycles. The lowest BCUT2D eigenvalue weighted by molar-refractivity contribution is -0.115. The van der Waals surface area contributed by atoms with Crippen LogP contribution in [0.2, 0.25) is 0 Å². The lowest BCUT2D eigenvalue weighted by Gasteiger charge is -2.33. The normalized spacial score (nSPS) is 16.3. The molecular formula is C23H28N2O. The van der Waals surface area contributed by atoms with Gasteiger partial charge in [-0.05, 0) is 43.9 Å². The minimum Gasteiger partial charge on any atom is -0.358 e. The molecule has 1 unspecified atom stereocenters. The Morgan fingerprint density at radius 2 is 1.88 bits per heavy atom. The third-order valence-corrected chi connectivity index (χ3v) is 5.31. The third-order valence-electron chi connectivity index (χ3n) is 5.31. The van der Waals surface area contributed by atoms with Crippen molar-refractivity contribution in [3.63, 3.8) is 0 Å². The monoisotopic (exact) mass is 348 g/mol. The molecule has 2 heterocycles. The Morgan fingerprint density at radius 1 is 1.15 bits per heavy atom. The number of carbonyl (C=O) groups is 1. The second-order valence-electron chi connectivity index (χ2n) is 7.14. The minimum absolute atomic E-state index is 0.0474. The minimum atomic E-state index is -0.0474. The van der Waals surface area contributed by atoms with Crippen molar-refractivity contribution in [2.75, 3.05) is 5.32 Å². The number of fused-ring (bicyclic) bond motifs is 1. The van der Waals surface area contributed by atoms with E-state index in [1.54, 1.807) is 0 Å². The summed E-state index contributed by atoms with van der Waals surface area (Å²) in [5.41, 5.74) is 8.78. The first kappa shape index (κ1) is 18.4. The summed E-state index contributed by atoms with van der Waals surface area (Å²) in [5, 5.41) is 3.50. The number of anilines is 1. The van der Waals surface area contributed by atoms with Gasteiger partial charge in [0.05, 0.1) is 0 Å². The highest BCUT2D eigenvalue weighted by Crippen LogP contribution is 2.45. The Labute approximate surface area is 156 Å². The maximum absolute atomic E-state index is 12.9. The third kappa shape index (κ3) is 3.07. The average Bonchev–Trinajstić information content (AvgIpc) is 2.64. The molecule has 136 valence electrons. The fourth-order valence-electron chi connectivity index (χ4n) is 4.04. The van der Waals surface area contributed by atoms with Crippen molar-refractivity contribution in [3.8, 4) is 0 Å². The number of aryl methyl sites for hydroxylation is 3. The van der Waals surface area contributed by atoms with Gasteiger partial charge in [0.15, 0.2) is 5.78 Å². The first-order chi connectivity index (χ1) is 12.5. The van der Waals surface area contributed by atoms with E-state index >= 15 is 0 Å². The molecule has 1 atom stereocenters. The molecule has 3 heteroatoms. The van der Waals surface area contributed by atoms with E-state index in [1.807, 2.05) is 27.0 Å². The smallest absolute Gasteiger partial charge is 0.161 e. The van der Waals surface area contributed by atoms with Gasteiger partial charge in [-0.25, -0.2) is 0 Å². The van der Waals surface area contributed by atoms with Crippen LogP contribution in [0.15, 0.2) is 41.7 Å². The predicted molar refractivity (Wildman–Crippen MR) is 108 cm³/mol. The maximum atomic E-state index is 12.9. The molecule has 3 nitrogen and oxygen atoms in total. The summed E-state index contributed by atoms with van der Waals surface area (Å²) in [7, 11) is 0. The number of carbonyl (C=O) groups excluding carboxylic acids is 1. The number of aromatic nitrogens is 1. The number of rotatable bonds is 5. The van der Waals surface area contributed by atoms with E-state index in [2.05, 4.69) is 48.4 Å². The quantitative estimate of drug-likeness (QED) is 0.780. The highest BCUT2D eigenvalue weighted by Gasteiger charge is 2.34. The fourth-order valence-corrected chi connectivity index (χ4v) is 4.04. The van der Waals surface area contributed by atoms with E-state index in [1.165, 1.54) is 11.1 Å². The summed E-state index contributed by atoms with van der Waals surface area (Å²) in [6.07, 6.45) is 4.52. The molecule has 0 amide bonds. The molecule has 0 fully saturated rings. The van der Waals surface area contributed by atoms with Crippen molar-refractivity contribution in [3.05, 3.63) is 69.7 Å². The highest BCUT2D eigenvalue weighted by atomic mass is 16.1. The number of nitrogens with zero attached hydrogens (tertiary/aromatic N) is 1. The van der Waals surface area contributed by atoms with Crippen LogP contribution in [0.4, 0.5) is 5.69 Å². The van der Waals surface area contributed by atoms with Crippen LogP contribution in [0.5, 0.6) is 0 Å². The zero-order valence-corrected chi connectivity index (χ0v) is 16.4. The number of allylic oxidation sites excluding steroid dienone is 2. The van der Waals surface area contributed by atoms with Crippen LogP contribution in [0.1, 0.15) is 67.5 Å². The molecule has 0 saturated heterocycles. The molecule has 0 saturated carbocycles. The van der Waals surface area contributed by atoms with Crippen LogP contribution in [0.3, 0.4) is 0 Å². The zero-order valence-electron chi connectivity index (χ0n) is 16.4. The molecule has 1 aromatic heterocycles. The lowest BCUT2D eigenvalue weighted by atomic mass is 9.75. The van der Waals surface area contributed by atoms with Crippen LogP contribution in [-0.2, 0) is 11.2 Å². The number of Topliss-reactive ketones (excluding diaryl/α,β-unsaturated/α-hetero) is 1. The summed E-state index contributed by atoms with van der Waals surface area (Å²) in [4.78, 5) is 17.5. The molecule has 1 aliphatic rings. The van der Waals surface area contributed by atoms with Gasteiger partial charge in [0.1, 0.15) is 0 Å². The molecule has 0 radical (unpaired) electrons. The summed E-state index contributed by atoms with van der Waals surface area (Å²) >= 11 is 0. The van der Waals surface area contributed by atoms with Crippen molar-refractivity contribution >= 4 is 11.5 Å². The topological polar surface area (TPSA) is 42.0 Å². The molecule has 0 spiro atoms. The predicted octanol–water partition coefficient (Wildman–Crippen LogP) is 5.46. The summed E-state index contributed by atoms with van der Waals surface area (Å²) in [5.74, 6) is 0.159. The molecule has 3 rings (SSSR count). The number of hydrogen-bond acceptors (Lipinski definition) is 3. The molecule has 26 heavy (non-hydrogen) atoms. The van der Waals surface area contributed by atoms with Gasteiger partial charge in [0, 0.05) is 46.8 Å². The Kier molecular flexibility index (Phi) is 5.26. The van der Waals surface area contributed by atoms with Crippen LogP contribution < -0.4 is 5.32 Å². The first-order valence-electron chi connectivity index (χ1n) is 9.54. The van der Waals surface area contributed by atoms with Gasteiger partial charge < -0.3 is 5.32 Å². The van der Waals surface area contributed by atoms with Gasteiger partial charge in [0.25, 0.3) is 0 Å². The Bertz CT molecular complexity index is 880. The summed E-state index contributed by atoms with van der Waals surface area (Å²) in [6, 6.07) is 8.55. The standard InChI is InChI=1S/C23H28N2O/c1-6-10-17-11-8-9-12-18(17)22-20(19(26)7-2)16(5)25-23-14(3)13-24-15(4)21(22)23/h8-9,11-13,22,25H,6-7,10H2,1-5H3. The van der Waals surface area contributed by atoms with Gasteiger partial charge in [-0.3, -0.25) is 9.78 Å². The second-order valence-corrected chi connectivity index (χ2v) is 7.14. The highest BCUT2D eigenvalue weighted by molar-refractivity contribution is 6.00. The van der Waals surface area contributed by atoms with E-state index in [-0.39, 0.29) is 11.7 Å². The Morgan fingerprint density at radius 3 is 2.58 bits per heavy atom. The summed E-state index contributed by atoms with van der Waals surface area (Å²) < 4.78 is 0. The Balaban J connectivity index is 2.33. The van der Waals surface area contributed by atoms with Gasteiger partial charge in [0.2, 0.25) is 0 Å².